The molecule has 1 aromatic rings. The van der Waals surface area contributed by atoms with Gasteiger partial charge < -0.3 is 0 Å². The molecule has 0 spiro atoms. The fourth-order valence-corrected chi connectivity index (χ4v) is 2.78. The monoisotopic (exact) mass is 263 g/mol. The summed E-state index contributed by atoms with van der Waals surface area (Å²) in [5.41, 5.74) is 2.99. The number of benzene rings is 1. The minimum atomic E-state index is -0.494. The molecule has 3 nitrogen and oxygen atoms in total. The molecule has 2 aliphatic carbocycles. The topological polar surface area (TPSA) is 38.3 Å². The van der Waals surface area contributed by atoms with Crippen LogP contribution in [0.4, 0.5) is 4.39 Å². The minimum absolute atomic E-state index is 0.0917. The van der Waals surface area contributed by atoms with Crippen LogP contribution in [0.1, 0.15) is 44.1 Å². The molecule has 0 atom stereocenters. The first-order chi connectivity index (χ1) is 9.21. The van der Waals surface area contributed by atoms with Gasteiger partial charge in [0.25, 0.3) is 5.91 Å². The molecule has 0 bridgehead atoms. The summed E-state index contributed by atoms with van der Waals surface area (Å²) in [4.78, 5) is 17.7. The predicted octanol–water partition coefficient (Wildman–Crippen LogP) is 2.85. The molecule has 0 unspecified atom stereocenters. The van der Waals surface area contributed by atoms with Gasteiger partial charge in [0.2, 0.25) is 0 Å². The Kier molecular flexibility index (Phi) is 3.27. The first-order valence-corrected chi connectivity index (χ1v) is 6.93. The van der Waals surface area contributed by atoms with E-state index in [9.17, 15) is 9.18 Å². The van der Waals surface area contributed by atoms with E-state index in [4.69, 9.17) is 4.84 Å². The SMILES string of the molecule is O=C(NOC1CCCC1)C1(c2ccc(F)cc2)CC1. The number of halogens is 1. The number of hydroxylamine groups is 1. The van der Waals surface area contributed by atoms with Gasteiger partial charge in [-0.15, -0.1) is 0 Å². The Morgan fingerprint density at radius 1 is 1.21 bits per heavy atom. The van der Waals surface area contributed by atoms with Crippen molar-refractivity contribution in [3.63, 3.8) is 0 Å². The first kappa shape index (κ1) is 12.6. The van der Waals surface area contributed by atoms with Crippen LogP contribution >= 0.6 is 0 Å². The van der Waals surface area contributed by atoms with Gasteiger partial charge in [0, 0.05) is 0 Å². The number of amides is 1. The number of hydrogen-bond donors (Lipinski definition) is 1. The van der Waals surface area contributed by atoms with E-state index in [0.717, 1.165) is 31.2 Å². The molecular weight excluding hydrogens is 245 g/mol. The van der Waals surface area contributed by atoms with Crippen molar-refractivity contribution in [2.45, 2.75) is 50.0 Å². The van der Waals surface area contributed by atoms with Crippen LogP contribution in [0.5, 0.6) is 0 Å². The highest BCUT2D eigenvalue weighted by Crippen LogP contribution is 2.48. The molecule has 102 valence electrons. The van der Waals surface area contributed by atoms with E-state index in [1.807, 2.05) is 0 Å². The zero-order valence-corrected chi connectivity index (χ0v) is 10.8. The highest BCUT2D eigenvalue weighted by Gasteiger charge is 2.51. The van der Waals surface area contributed by atoms with E-state index in [1.54, 1.807) is 12.1 Å². The van der Waals surface area contributed by atoms with Crippen LogP contribution in [0.15, 0.2) is 24.3 Å². The molecule has 1 N–H and O–H groups in total. The average Bonchev–Trinajstić information content (AvgIpc) is 3.07. The average molecular weight is 263 g/mol. The molecule has 1 amide bonds. The van der Waals surface area contributed by atoms with Crippen LogP contribution in [0.3, 0.4) is 0 Å². The molecule has 2 saturated carbocycles. The quantitative estimate of drug-likeness (QED) is 0.848. The summed E-state index contributed by atoms with van der Waals surface area (Å²) in [5.74, 6) is -0.367. The van der Waals surface area contributed by atoms with E-state index < -0.39 is 5.41 Å². The third-order valence-corrected chi connectivity index (χ3v) is 4.20. The van der Waals surface area contributed by atoms with E-state index in [2.05, 4.69) is 5.48 Å². The molecule has 0 heterocycles. The predicted molar refractivity (Wildman–Crippen MR) is 68.8 cm³/mol. The van der Waals surface area contributed by atoms with E-state index >= 15 is 0 Å². The molecular formula is C15H18FNO2. The molecule has 2 fully saturated rings. The lowest BCUT2D eigenvalue weighted by Gasteiger charge is -2.17. The van der Waals surface area contributed by atoms with E-state index in [0.29, 0.717) is 0 Å². The highest BCUT2D eigenvalue weighted by atomic mass is 19.1. The van der Waals surface area contributed by atoms with E-state index in [1.165, 1.54) is 25.0 Å². The Morgan fingerprint density at radius 2 is 1.84 bits per heavy atom. The van der Waals surface area contributed by atoms with Crippen molar-refractivity contribution in [3.05, 3.63) is 35.6 Å². The summed E-state index contributed by atoms with van der Waals surface area (Å²) in [6, 6.07) is 6.19. The number of rotatable bonds is 4. The van der Waals surface area contributed by atoms with Gasteiger partial charge in [-0.2, -0.15) is 0 Å². The minimum Gasteiger partial charge on any atom is -0.272 e. The summed E-state index contributed by atoms with van der Waals surface area (Å²) in [6.45, 7) is 0. The van der Waals surface area contributed by atoms with Crippen molar-refractivity contribution in [1.82, 2.24) is 5.48 Å². The van der Waals surface area contributed by atoms with Crippen LogP contribution in [0.2, 0.25) is 0 Å². The van der Waals surface area contributed by atoms with Crippen molar-refractivity contribution < 1.29 is 14.0 Å². The van der Waals surface area contributed by atoms with E-state index in [-0.39, 0.29) is 17.8 Å². The summed E-state index contributed by atoms with van der Waals surface area (Å²) in [7, 11) is 0. The largest absolute Gasteiger partial charge is 0.272 e. The molecule has 0 aliphatic heterocycles. The lowest BCUT2D eigenvalue weighted by Crippen LogP contribution is -2.37. The van der Waals surface area contributed by atoms with Crippen molar-refractivity contribution >= 4 is 5.91 Å². The second-order valence-electron chi connectivity index (χ2n) is 5.54. The zero-order valence-electron chi connectivity index (χ0n) is 10.8. The van der Waals surface area contributed by atoms with Gasteiger partial charge in [0.15, 0.2) is 0 Å². The Balaban J connectivity index is 1.63. The second kappa shape index (κ2) is 4.93. The molecule has 2 aliphatic rings. The third-order valence-electron chi connectivity index (χ3n) is 4.20. The molecule has 0 saturated heterocycles. The Labute approximate surface area is 112 Å². The fraction of sp³-hybridized carbons (Fsp3) is 0.533. The molecule has 0 aromatic heterocycles. The summed E-state index contributed by atoms with van der Waals surface area (Å²) in [6.07, 6.45) is 6.14. The maximum atomic E-state index is 12.9. The normalized spacial score (nSPS) is 21.3. The first-order valence-electron chi connectivity index (χ1n) is 6.93. The Bertz CT molecular complexity index is 462. The van der Waals surface area contributed by atoms with Crippen molar-refractivity contribution in [3.8, 4) is 0 Å². The number of nitrogens with one attached hydrogen (secondary N) is 1. The molecule has 3 rings (SSSR count). The van der Waals surface area contributed by atoms with Crippen LogP contribution in [-0.2, 0) is 15.0 Å². The fourth-order valence-electron chi connectivity index (χ4n) is 2.78. The second-order valence-corrected chi connectivity index (χ2v) is 5.54. The van der Waals surface area contributed by atoms with Gasteiger partial charge in [0.1, 0.15) is 5.82 Å². The summed E-state index contributed by atoms with van der Waals surface area (Å²) in [5, 5.41) is 0. The van der Waals surface area contributed by atoms with Gasteiger partial charge in [-0.1, -0.05) is 25.0 Å². The van der Waals surface area contributed by atoms with Crippen molar-refractivity contribution in [2.75, 3.05) is 0 Å². The molecule has 1 aromatic carbocycles. The number of carbonyl (C=O) groups excluding carboxylic acids is 1. The van der Waals surface area contributed by atoms with Gasteiger partial charge in [-0.3, -0.25) is 9.63 Å². The third kappa shape index (κ3) is 2.50. The molecule has 4 heteroatoms. The number of carbonyl (C=O) groups is 1. The zero-order chi connectivity index (χ0) is 13.3. The standard InChI is InChI=1S/C15H18FNO2/c16-12-7-5-11(6-8-12)15(9-10-15)14(18)17-19-13-3-1-2-4-13/h5-8,13H,1-4,9-10H2,(H,17,18). The smallest absolute Gasteiger partial charge is 0.254 e. The van der Waals surface area contributed by atoms with Gasteiger partial charge in [-0.25, -0.2) is 9.87 Å². The maximum Gasteiger partial charge on any atom is 0.254 e. The molecule has 0 radical (unpaired) electrons. The number of hydrogen-bond acceptors (Lipinski definition) is 2. The highest BCUT2D eigenvalue weighted by molar-refractivity contribution is 5.90. The van der Waals surface area contributed by atoms with Crippen LogP contribution in [0, 0.1) is 5.82 Å². The maximum absolute atomic E-state index is 12.9. The van der Waals surface area contributed by atoms with Crippen LogP contribution in [0.25, 0.3) is 0 Å². The lowest BCUT2D eigenvalue weighted by molar-refractivity contribution is -0.140. The Hall–Kier alpha value is -1.42. The summed E-state index contributed by atoms with van der Waals surface area (Å²) < 4.78 is 12.9. The summed E-state index contributed by atoms with van der Waals surface area (Å²) >= 11 is 0. The Morgan fingerprint density at radius 3 is 2.42 bits per heavy atom. The van der Waals surface area contributed by atoms with Gasteiger partial charge in [-0.05, 0) is 43.4 Å². The van der Waals surface area contributed by atoms with Gasteiger partial charge in [0.05, 0.1) is 11.5 Å². The lowest BCUT2D eigenvalue weighted by atomic mass is 9.95. The molecule has 19 heavy (non-hydrogen) atoms. The van der Waals surface area contributed by atoms with Crippen molar-refractivity contribution in [2.24, 2.45) is 0 Å². The van der Waals surface area contributed by atoms with Crippen LogP contribution in [-0.4, -0.2) is 12.0 Å². The van der Waals surface area contributed by atoms with Crippen molar-refractivity contribution in [1.29, 1.82) is 0 Å². The van der Waals surface area contributed by atoms with Crippen LogP contribution < -0.4 is 5.48 Å². The van der Waals surface area contributed by atoms with Gasteiger partial charge >= 0.3 is 0 Å².